The number of nitrogens with zero attached hydrogens (tertiary/aromatic N) is 1. The Hall–Kier alpha value is -0.0800. The Morgan fingerprint density at radius 2 is 2.00 bits per heavy atom. The summed E-state index contributed by atoms with van der Waals surface area (Å²) in [5, 5.41) is 3.56. The second kappa shape index (κ2) is 3.75. The van der Waals surface area contributed by atoms with Crippen molar-refractivity contribution in [1.29, 1.82) is 0 Å². The summed E-state index contributed by atoms with van der Waals surface area (Å²) in [5.74, 6) is 0. The molecule has 0 unspecified atom stereocenters. The Bertz CT molecular complexity index is 141. The van der Waals surface area contributed by atoms with Crippen LogP contribution < -0.4 is 5.32 Å². The maximum atomic E-state index is 3.56. The van der Waals surface area contributed by atoms with Crippen molar-refractivity contribution in [2.75, 3.05) is 19.6 Å². The van der Waals surface area contributed by atoms with Gasteiger partial charge >= 0.3 is 0 Å². The summed E-state index contributed by atoms with van der Waals surface area (Å²) in [7, 11) is 0. The van der Waals surface area contributed by atoms with Crippen LogP contribution in [-0.4, -0.2) is 36.1 Å². The third-order valence-electron chi connectivity index (χ3n) is 2.55. The molecule has 2 heteroatoms. The van der Waals surface area contributed by atoms with Gasteiger partial charge in [0.25, 0.3) is 0 Å². The highest BCUT2D eigenvalue weighted by Gasteiger charge is 2.24. The van der Waals surface area contributed by atoms with Gasteiger partial charge < -0.3 is 5.32 Å². The predicted octanol–water partition coefficient (Wildman–Crippen LogP) is 1.47. The third-order valence-corrected chi connectivity index (χ3v) is 2.55. The SMILES string of the molecule is CC(C)N1CCCNC(C)(C)C1. The lowest BCUT2D eigenvalue weighted by Crippen LogP contribution is -2.48. The molecule has 1 rings (SSSR count). The van der Waals surface area contributed by atoms with E-state index in [1.54, 1.807) is 0 Å². The van der Waals surface area contributed by atoms with Crippen molar-refractivity contribution < 1.29 is 0 Å². The van der Waals surface area contributed by atoms with Gasteiger partial charge in [0.05, 0.1) is 0 Å². The van der Waals surface area contributed by atoms with Crippen LogP contribution >= 0.6 is 0 Å². The molecule has 0 aliphatic carbocycles. The van der Waals surface area contributed by atoms with Crippen molar-refractivity contribution in [3.05, 3.63) is 0 Å². The number of rotatable bonds is 1. The smallest absolute Gasteiger partial charge is 0.0252 e. The second-order valence-electron chi connectivity index (χ2n) is 4.73. The van der Waals surface area contributed by atoms with E-state index in [9.17, 15) is 0 Å². The van der Waals surface area contributed by atoms with Crippen molar-refractivity contribution in [3.63, 3.8) is 0 Å². The first-order chi connectivity index (χ1) is 5.51. The molecule has 0 saturated carbocycles. The zero-order chi connectivity index (χ0) is 9.19. The van der Waals surface area contributed by atoms with Crippen molar-refractivity contribution in [1.82, 2.24) is 10.2 Å². The molecule has 1 fully saturated rings. The summed E-state index contributed by atoms with van der Waals surface area (Å²) in [6.45, 7) is 12.7. The van der Waals surface area contributed by atoms with Gasteiger partial charge in [-0.05, 0) is 47.2 Å². The molecule has 0 spiro atoms. The van der Waals surface area contributed by atoms with Crippen LogP contribution in [-0.2, 0) is 0 Å². The van der Waals surface area contributed by atoms with E-state index in [0.717, 1.165) is 6.54 Å². The average molecular weight is 170 g/mol. The molecule has 1 aliphatic heterocycles. The Kier molecular flexibility index (Phi) is 3.13. The molecule has 72 valence electrons. The molecule has 0 bridgehead atoms. The number of hydrogen-bond acceptors (Lipinski definition) is 2. The molecule has 0 aromatic heterocycles. The molecule has 1 aliphatic rings. The van der Waals surface area contributed by atoms with E-state index in [1.807, 2.05) is 0 Å². The van der Waals surface area contributed by atoms with Crippen molar-refractivity contribution in [3.8, 4) is 0 Å². The van der Waals surface area contributed by atoms with E-state index in [2.05, 4.69) is 37.9 Å². The summed E-state index contributed by atoms with van der Waals surface area (Å²) < 4.78 is 0. The quantitative estimate of drug-likeness (QED) is 0.641. The average Bonchev–Trinajstić information content (AvgIpc) is 2.10. The van der Waals surface area contributed by atoms with E-state index in [4.69, 9.17) is 0 Å². The van der Waals surface area contributed by atoms with E-state index in [-0.39, 0.29) is 0 Å². The van der Waals surface area contributed by atoms with Gasteiger partial charge in [0.15, 0.2) is 0 Å². The molecule has 1 heterocycles. The zero-order valence-electron chi connectivity index (χ0n) is 8.85. The second-order valence-corrected chi connectivity index (χ2v) is 4.73. The van der Waals surface area contributed by atoms with Gasteiger partial charge in [-0.25, -0.2) is 0 Å². The molecule has 12 heavy (non-hydrogen) atoms. The lowest BCUT2D eigenvalue weighted by molar-refractivity contribution is 0.190. The minimum absolute atomic E-state index is 0.292. The molecule has 2 nitrogen and oxygen atoms in total. The Morgan fingerprint density at radius 1 is 1.33 bits per heavy atom. The van der Waals surface area contributed by atoms with Crippen molar-refractivity contribution in [2.24, 2.45) is 0 Å². The van der Waals surface area contributed by atoms with E-state index < -0.39 is 0 Å². The monoisotopic (exact) mass is 170 g/mol. The van der Waals surface area contributed by atoms with Crippen molar-refractivity contribution in [2.45, 2.75) is 45.7 Å². The van der Waals surface area contributed by atoms with Gasteiger partial charge in [0, 0.05) is 18.1 Å². The van der Waals surface area contributed by atoms with Crippen LogP contribution in [0, 0.1) is 0 Å². The highest BCUT2D eigenvalue weighted by Crippen LogP contribution is 2.12. The number of nitrogens with one attached hydrogen (secondary N) is 1. The lowest BCUT2D eigenvalue weighted by atomic mass is 10.1. The fraction of sp³-hybridized carbons (Fsp3) is 1.00. The first-order valence-electron chi connectivity index (χ1n) is 5.00. The van der Waals surface area contributed by atoms with Gasteiger partial charge in [-0.15, -0.1) is 0 Å². The van der Waals surface area contributed by atoms with Crippen LogP contribution in [0.25, 0.3) is 0 Å². The van der Waals surface area contributed by atoms with Crippen LogP contribution in [0.2, 0.25) is 0 Å². The Labute approximate surface area is 76.3 Å². The maximum Gasteiger partial charge on any atom is 0.0252 e. The summed E-state index contributed by atoms with van der Waals surface area (Å²) in [6, 6.07) is 0.684. The summed E-state index contributed by atoms with van der Waals surface area (Å²) in [5.41, 5.74) is 0.292. The molecular weight excluding hydrogens is 148 g/mol. The molecule has 0 aromatic carbocycles. The normalized spacial score (nSPS) is 25.8. The Morgan fingerprint density at radius 3 is 2.58 bits per heavy atom. The van der Waals surface area contributed by atoms with Crippen LogP contribution in [0.1, 0.15) is 34.1 Å². The fourth-order valence-corrected chi connectivity index (χ4v) is 1.79. The molecule has 0 amide bonds. The van der Waals surface area contributed by atoms with Crippen LogP contribution in [0.4, 0.5) is 0 Å². The predicted molar refractivity (Wildman–Crippen MR) is 53.4 cm³/mol. The van der Waals surface area contributed by atoms with Gasteiger partial charge in [-0.2, -0.15) is 0 Å². The largest absolute Gasteiger partial charge is 0.310 e. The van der Waals surface area contributed by atoms with E-state index in [0.29, 0.717) is 11.6 Å². The van der Waals surface area contributed by atoms with Crippen LogP contribution in [0.5, 0.6) is 0 Å². The van der Waals surface area contributed by atoms with Gasteiger partial charge in [0.1, 0.15) is 0 Å². The summed E-state index contributed by atoms with van der Waals surface area (Å²) in [4.78, 5) is 2.56. The van der Waals surface area contributed by atoms with Gasteiger partial charge in [0.2, 0.25) is 0 Å². The fourth-order valence-electron chi connectivity index (χ4n) is 1.79. The molecule has 0 radical (unpaired) electrons. The van der Waals surface area contributed by atoms with Gasteiger partial charge in [-0.3, -0.25) is 4.90 Å². The van der Waals surface area contributed by atoms with Gasteiger partial charge in [-0.1, -0.05) is 0 Å². The standard InChI is InChI=1S/C10H22N2/c1-9(2)12-7-5-6-11-10(3,4)8-12/h9,11H,5-8H2,1-4H3. The molecular formula is C10H22N2. The Balaban J connectivity index is 2.54. The first-order valence-corrected chi connectivity index (χ1v) is 5.00. The maximum absolute atomic E-state index is 3.56. The summed E-state index contributed by atoms with van der Waals surface area (Å²) >= 11 is 0. The van der Waals surface area contributed by atoms with Crippen LogP contribution in [0.3, 0.4) is 0 Å². The van der Waals surface area contributed by atoms with Crippen LogP contribution in [0.15, 0.2) is 0 Å². The van der Waals surface area contributed by atoms with E-state index >= 15 is 0 Å². The highest BCUT2D eigenvalue weighted by molar-refractivity contribution is 4.85. The molecule has 0 aromatic rings. The zero-order valence-corrected chi connectivity index (χ0v) is 8.85. The number of hydrogen-bond donors (Lipinski definition) is 1. The van der Waals surface area contributed by atoms with Crippen molar-refractivity contribution >= 4 is 0 Å². The first kappa shape index (κ1) is 10.0. The minimum atomic E-state index is 0.292. The minimum Gasteiger partial charge on any atom is -0.310 e. The lowest BCUT2D eigenvalue weighted by Gasteiger charge is -2.32. The van der Waals surface area contributed by atoms with E-state index in [1.165, 1.54) is 19.5 Å². The molecule has 1 saturated heterocycles. The summed E-state index contributed by atoms with van der Waals surface area (Å²) in [6.07, 6.45) is 1.28. The third kappa shape index (κ3) is 2.76. The molecule has 0 atom stereocenters. The highest BCUT2D eigenvalue weighted by atomic mass is 15.2. The molecule has 1 N–H and O–H groups in total. The topological polar surface area (TPSA) is 15.3 Å².